The molecule has 1 amide bonds. The fraction of sp³-hybridized carbons (Fsp3) is 0.391. The molecule has 2 aromatic carbocycles. The van der Waals surface area contributed by atoms with Gasteiger partial charge in [0.1, 0.15) is 5.75 Å². The van der Waals surface area contributed by atoms with Crippen LogP contribution in [-0.4, -0.2) is 42.1 Å². The molecule has 1 aliphatic heterocycles. The van der Waals surface area contributed by atoms with Crippen molar-refractivity contribution in [2.24, 2.45) is 0 Å². The molecule has 0 aromatic heterocycles. The standard InChI is InChI=1S/C23H28N2O4/c1-17-7-6-8-18(2)25(17)22(26)15-29-23(27)16-28-21-13-11-20(12-14-21)24-19-9-4-3-5-10-19/h3-5,9-14,17-18,24H,6-8,15-16H2,1-2H3/t17-,18-/m1/s1. The van der Waals surface area contributed by atoms with Gasteiger partial charge in [0.25, 0.3) is 5.91 Å². The molecule has 154 valence electrons. The van der Waals surface area contributed by atoms with Crippen molar-refractivity contribution in [3.05, 3.63) is 54.6 Å². The molecule has 0 aliphatic carbocycles. The lowest BCUT2D eigenvalue weighted by molar-refractivity contribution is -0.156. The summed E-state index contributed by atoms with van der Waals surface area (Å²) in [7, 11) is 0. The summed E-state index contributed by atoms with van der Waals surface area (Å²) < 4.78 is 10.6. The molecule has 29 heavy (non-hydrogen) atoms. The van der Waals surface area contributed by atoms with Gasteiger partial charge >= 0.3 is 5.97 Å². The zero-order chi connectivity index (χ0) is 20.6. The molecule has 2 aromatic rings. The molecule has 6 nitrogen and oxygen atoms in total. The quantitative estimate of drug-likeness (QED) is 0.713. The van der Waals surface area contributed by atoms with Gasteiger partial charge in [-0.1, -0.05) is 18.2 Å². The Kier molecular flexibility index (Phi) is 7.11. The van der Waals surface area contributed by atoms with E-state index in [0.717, 1.165) is 30.6 Å². The second-order valence-electron chi connectivity index (χ2n) is 7.39. The molecule has 3 rings (SSSR count). The summed E-state index contributed by atoms with van der Waals surface area (Å²) in [6.07, 6.45) is 3.10. The van der Waals surface area contributed by atoms with E-state index in [9.17, 15) is 9.59 Å². The monoisotopic (exact) mass is 396 g/mol. The third kappa shape index (κ3) is 5.98. The fourth-order valence-corrected chi connectivity index (χ4v) is 3.64. The molecular formula is C23H28N2O4. The van der Waals surface area contributed by atoms with Crippen molar-refractivity contribution in [2.75, 3.05) is 18.5 Å². The van der Waals surface area contributed by atoms with Gasteiger partial charge in [-0.25, -0.2) is 4.79 Å². The second-order valence-corrected chi connectivity index (χ2v) is 7.39. The van der Waals surface area contributed by atoms with Crippen molar-refractivity contribution >= 4 is 23.3 Å². The molecule has 0 saturated carbocycles. The zero-order valence-electron chi connectivity index (χ0n) is 17.0. The average molecular weight is 396 g/mol. The van der Waals surface area contributed by atoms with E-state index in [0.29, 0.717) is 5.75 Å². The smallest absolute Gasteiger partial charge is 0.344 e. The number of ether oxygens (including phenoxy) is 2. The Balaban J connectivity index is 1.41. The summed E-state index contributed by atoms with van der Waals surface area (Å²) in [5, 5.41) is 3.28. The minimum atomic E-state index is -0.554. The number of carbonyl (C=O) groups excluding carboxylic acids is 2. The van der Waals surface area contributed by atoms with Gasteiger partial charge in [-0.2, -0.15) is 0 Å². The first kappa shape index (κ1) is 20.7. The highest BCUT2D eigenvalue weighted by Crippen LogP contribution is 2.23. The number of piperidine rings is 1. The predicted octanol–water partition coefficient (Wildman–Crippen LogP) is 4.14. The number of likely N-dealkylation sites (tertiary alicyclic amines) is 1. The van der Waals surface area contributed by atoms with Gasteiger partial charge in [-0.15, -0.1) is 0 Å². The maximum Gasteiger partial charge on any atom is 0.344 e. The maximum atomic E-state index is 12.4. The molecule has 1 N–H and O–H groups in total. The van der Waals surface area contributed by atoms with E-state index in [1.54, 1.807) is 12.1 Å². The van der Waals surface area contributed by atoms with Crippen LogP contribution in [0.5, 0.6) is 5.75 Å². The maximum absolute atomic E-state index is 12.4. The molecule has 2 atom stereocenters. The minimum Gasteiger partial charge on any atom is -0.482 e. The molecule has 1 fully saturated rings. The van der Waals surface area contributed by atoms with Gasteiger partial charge in [0, 0.05) is 23.5 Å². The number of benzene rings is 2. The number of hydrogen-bond acceptors (Lipinski definition) is 5. The molecule has 0 unspecified atom stereocenters. The largest absolute Gasteiger partial charge is 0.482 e. The lowest BCUT2D eigenvalue weighted by Crippen LogP contribution is -2.49. The zero-order valence-corrected chi connectivity index (χ0v) is 17.0. The molecular weight excluding hydrogens is 368 g/mol. The summed E-state index contributed by atoms with van der Waals surface area (Å²) in [6, 6.07) is 17.5. The lowest BCUT2D eigenvalue weighted by Gasteiger charge is -2.38. The number of esters is 1. The average Bonchev–Trinajstić information content (AvgIpc) is 2.72. The molecule has 1 heterocycles. The Bertz CT molecular complexity index is 797. The molecule has 1 aliphatic rings. The van der Waals surface area contributed by atoms with E-state index in [2.05, 4.69) is 5.32 Å². The van der Waals surface area contributed by atoms with Crippen LogP contribution in [0.1, 0.15) is 33.1 Å². The SMILES string of the molecule is C[C@@H]1CCC[C@@H](C)N1C(=O)COC(=O)COc1ccc(Nc2ccccc2)cc1. The van der Waals surface area contributed by atoms with E-state index in [1.165, 1.54) is 0 Å². The lowest BCUT2D eigenvalue weighted by atomic mass is 9.97. The molecule has 0 bridgehead atoms. The summed E-state index contributed by atoms with van der Waals surface area (Å²) in [6.45, 7) is 3.60. The van der Waals surface area contributed by atoms with Crippen molar-refractivity contribution in [2.45, 2.75) is 45.2 Å². The van der Waals surface area contributed by atoms with Crippen molar-refractivity contribution in [1.82, 2.24) is 4.90 Å². The first-order chi connectivity index (χ1) is 14.0. The van der Waals surface area contributed by atoms with Crippen LogP contribution in [0.15, 0.2) is 54.6 Å². The summed E-state index contributed by atoms with van der Waals surface area (Å²) in [5.74, 6) is -0.137. The second kappa shape index (κ2) is 9.96. The van der Waals surface area contributed by atoms with E-state index < -0.39 is 5.97 Å². The van der Waals surface area contributed by atoms with Crippen LogP contribution in [0.25, 0.3) is 0 Å². The van der Waals surface area contributed by atoms with Crippen LogP contribution < -0.4 is 10.1 Å². The number of para-hydroxylation sites is 1. The number of carbonyl (C=O) groups is 2. The third-order valence-electron chi connectivity index (χ3n) is 5.11. The van der Waals surface area contributed by atoms with Crippen LogP contribution in [0.3, 0.4) is 0 Å². The normalized spacial score (nSPS) is 18.8. The van der Waals surface area contributed by atoms with E-state index in [4.69, 9.17) is 9.47 Å². The number of rotatable bonds is 7. The Morgan fingerprint density at radius 2 is 1.55 bits per heavy atom. The highest BCUT2D eigenvalue weighted by Gasteiger charge is 2.29. The van der Waals surface area contributed by atoms with Gasteiger partial charge in [-0.3, -0.25) is 4.79 Å². The van der Waals surface area contributed by atoms with E-state index >= 15 is 0 Å². The third-order valence-corrected chi connectivity index (χ3v) is 5.11. The van der Waals surface area contributed by atoms with Crippen molar-refractivity contribution in [3.8, 4) is 5.75 Å². The molecule has 6 heteroatoms. The van der Waals surface area contributed by atoms with Crippen LogP contribution >= 0.6 is 0 Å². The Morgan fingerprint density at radius 3 is 2.21 bits per heavy atom. The van der Waals surface area contributed by atoms with Crippen molar-refractivity contribution in [1.29, 1.82) is 0 Å². The van der Waals surface area contributed by atoms with Crippen LogP contribution in [0.2, 0.25) is 0 Å². The van der Waals surface area contributed by atoms with Crippen LogP contribution in [-0.2, 0) is 14.3 Å². The minimum absolute atomic E-state index is 0.144. The number of anilines is 2. The molecule has 0 radical (unpaired) electrons. The number of hydrogen-bond donors (Lipinski definition) is 1. The summed E-state index contributed by atoms with van der Waals surface area (Å²) in [5.41, 5.74) is 1.91. The summed E-state index contributed by atoms with van der Waals surface area (Å²) >= 11 is 0. The van der Waals surface area contributed by atoms with Crippen molar-refractivity contribution in [3.63, 3.8) is 0 Å². The first-order valence-electron chi connectivity index (χ1n) is 10.0. The van der Waals surface area contributed by atoms with E-state index in [-0.39, 0.29) is 31.2 Å². The Labute approximate surface area is 171 Å². The van der Waals surface area contributed by atoms with Crippen molar-refractivity contribution < 1.29 is 19.1 Å². The predicted molar refractivity (Wildman–Crippen MR) is 112 cm³/mol. The van der Waals surface area contributed by atoms with Gasteiger partial charge in [0.05, 0.1) is 0 Å². The number of nitrogens with zero attached hydrogens (tertiary/aromatic N) is 1. The Hall–Kier alpha value is -3.02. The number of amides is 1. The molecule has 1 saturated heterocycles. The number of nitrogens with one attached hydrogen (secondary N) is 1. The summed E-state index contributed by atoms with van der Waals surface area (Å²) in [4.78, 5) is 26.2. The van der Waals surface area contributed by atoms with Gasteiger partial charge in [0.15, 0.2) is 13.2 Å². The van der Waals surface area contributed by atoms with Gasteiger partial charge in [0.2, 0.25) is 0 Å². The van der Waals surface area contributed by atoms with Crippen LogP contribution in [0.4, 0.5) is 11.4 Å². The van der Waals surface area contributed by atoms with Gasteiger partial charge in [-0.05, 0) is 69.5 Å². The molecule has 0 spiro atoms. The topological polar surface area (TPSA) is 67.9 Å². The highest BCUT2D eigenvalue weighted by atomic mass is 16.6. The first-order valence-corrected chi connectivity index (χ1v) is 10.0. The van der Waals surface area contributed by atoms with Crippen LogP contribution in [0, 0.1) is 0 Å². The van der Waals surface area contributed by atoms with E-state index in [1.807, 2.05) is 61.2 Å². The van der Waals surface area contributed by atoms with Gasteiger partial charge < -0.3 is 19.7 Å². The fourth-order valence-electron chi connectivity index (χ4n) is 3.64. The Morgan fingerprint density at radius 1 is 0.931 bits per heavy atom. The highest BCUT2D eigenvalue weighted by molar-refractivity contribution is 5.81.